The fourth-order valence-electron chi connectivity index (χ4n) is 1.49. The summed E-state index contributed by atoms with van der Waals surface area (Å²) in [5.74, 6) is -2.21. The number of ether oxygens (including phenoxy) is 2. The van der Waals surface area contributed by atoms with Crippen molar-refractivity contribution in [2.24, 2.45) is 0 Å². The molecule has 1 aromatic rings. The molecule has 0 aliphatic carbocycles. The molecule has 4 nitrogen and oxygen atoms in total. The predicted octanol–water partition coefficient (Wildman–Crippen LogP) is 3.27. The second-order valence-corrected chi connectivity index (χ2v) is 3.42. The van der Waals surface area contributed by atoms with Gasteiger partial charge in [0.2, 0.25) is 0 Å². The van der Waals surface area contributed by atoms with Crippen molar-refractivity contribution in [3.05, 3.63) is 28.8 Å². The standard InChI is InChI=1S/C12H9F4NO3/c1-2-19-11(18)8-6(5-17)3-4-7(10(13)14)9(8)20-12(15)16/h3-4,10,12H,2H2,1H3. The van der Waals surface area contributed by atoms with E-state index in [4.69, 9.17) is 5.26 Å². The molecule has 8 heteroatoms. The van der Waals surface area contributed by atoms with Crippen LogP contribution in [0.1, 0.15) is 34.8 Å². The highest BCUT2D eigenvalue weighted by Gasteiger charge is 2.28. The van der Waals surface area contributed by atoms with E-state index in [1.54, 1.807) is 6.07 Å². The number of nitrogens with zero attached hydrogens (tertiary/aromatic N) is 1. The SMILES string of the molecule is CCOC(=O)c1c(C#N)ccc(C(F)F)c1OC(F)F. The third-order valence-corrected chi connectivity index (χ3v) is 2.23. The molecule has 0 radical (unpaired) electrons. The number of hydrogen-bond acceptors (Lipinski definition) is 4. The third kappa shape index (κ3) is 3.38. The summed E-state index contributed by atoms with van der Waals surface area (Å²) < 4.78 is 58.8. The number of carbonyl (C=O) groups excluding carboxylic acids is 1. The summed E-state index contributed by atoms with van der Waals surface area (Å²) in [5.41, 5.74) is -2.02. The summed E-state index contributed by atoms with van der Waals surface area (Å²) in [6.45, 7) is -2.10. The number of alkyl halides is 4. The lowest BCUT2D eigenvalue weighted by Crippen LogP contribution is -2.14. The van der Waals surface area contributed by atoms with E-state index in [1.807, 2.05) is 0 Å². The molecule has 0 aromatic heterocycles. The summed E-state index contributed by atoms with van der Waals surface area (Å²) >= 11 is 0. The van der Waals surface area contributed by atoms with Gasteiger partial charge in [0.15, 0.2) is 5.75 Å². The smallest absolute Gasteiger partial charge is 0.387 e. The molecule has 0 saturated carbocycles. The van der Waals surface area contributed by atoms with Gasteiger partial charge in [-0.05, 0) is 19.1 Å². The van der Waals surface area contributed by atoms with Gasteiger partial charge in [0.25, 0.3) is 6.43 Å². The van der Waals surface area contributed by atoms with E-state index in [9.17, 15) is 22.4 Å². The van der Waals surface area contributed by atoms with Gasteiger partial charge in [0.1, 0.15) is 11.6 Å². The Morgan fingerprint density at radius 1 is 1.35 bits per heavy atom. The van der Waals surface area contributed by atoms with Crippen LogP contribution in [0.3, 0.4) is 0 Å². The minimum Gasteiger partial charge on any atom is -0.462 e. The Balaban J connectivity index is 3.52. The number of hydrogen-bond donors (Lipinski definition) is 0. The molecular formula is C12H9F4NO3. The first-order valence-corrected chi connectivity index (χ1v) is 5.39. The molecule has 0 amide bonds. The molecule has 108 valence electrons. The largest absolute Gasteiger partial charge is 0.462 e. The van der Waals surface area contributed by atoms with Crippen LogP contribution in [0.5, 0.6) is 5.75 Å². The highest BCUT2D eigenvalue weighted by atomic mass is 19.3. The first kappa shape index (κ1) is 15.8. The Hall–Kier alpha value is -2.30. The van der Waals surface area contributed by atoms with Crippen LogP contribution in [0.2, 0.25) is 0 Å². The van der Waals surface area contributed by atoms with E-state index < -0.39 is 35.9 Å². The summed E-state index contributed by atoms with van der Waals surface area (Å²) in [4.78, 5) is 11.7. The van der Waals surface area contributed by atoms with Crippen molar-refractivity contribution in [1.82, 2.24) is 0 Å². The molecule has 0 N–H and O–H groups in total. The van der Waals surface area contributed by atoms with Crippen molar-refractivity contribution in [2.45, 2.75) is 20.0 Å². The third-order valence-electron chi connectivity index (χ3n) is 2.23. The Bertz CT molecular complexity index is 540. The fraction of sp³-hybridized carbons (Fsp3) is 0.333. The van der Waals surface area contributed by atoms with Gasteiger partial charge in [-0.25, -0.2) is 13.6 Å². The normalized spacial score (nSPS) is 10.5. The van der Waals surface area contributed by atoms with E-state index in [0.29, 0.717) is 0 Å². The Kier molecular flexibility index (Phi) is 5.32. The highest BCUT2D eigenvalue weighted by Crippen LogP contribution is 2.35. The number of rotatable bonds is 5. The topological polar surface area (TPSA) is 59.3 Å². The van der Waals surface area contributed by atoms with E-state index in [-0.39, 0.29) is 12.2 Å². The lowest BCUT2D eigenvalue weighted by Gasteiger charge is -2.15. The zero-order valence-corrected chi connectivity index (χ0v) is 10.2. The van der Waals surface area contributed by atoms with Gasteiger partial charge in [0.05, 0.1) is 17.7 Å². The van der Waals surface area contributed by atoms with Crippen LogP contribution in [0.4, 0.5) is 17.6 Å². The molecule has 0 bridgehead atoms. The zero-order chi connectivity index (χ0) is 15.3. The first-order valence-electron chi connectivity index (χ1n) is 5.39. The van der Waals surface area contributed by atoms with Gasteiger partial charge in [-0.15, -0.1) is 0 Å². The average molecular weight is 291 g/mol. The molecule has 0 atom stereocenters. The van der Waals surface area contributed by atoms with Crippen LogP contribution in [0.15, 0.2) is 12.1 Å². The van der Waals surface area contributed by atoms with Crippen molar-refractivity contribution < 1.29 is 31.8 Å². The molecule has 0 aliphatic heterocycles. The molecule has 20 heavy (non-hydrogen) atoms. The number of nitriles is 1. The Morgan fingerprint density at radius 3 is 2.45 bits per heavy atom. The van der Waals surface area contributed by atoms with Crippen LogP contribution in [-0.2, 0) is 4.74 Å². The predicted molar refractivity (Wildman–Crippen MR) is 58.7 cm³/mol. The van der Waals surface area contributed by atoms with Crippen molar-refractivity contribution in [2.75, 3.05) is 6.61 Å². The maximum atomic E-state index is 12.8. The van der Waals surface area contributed by atoms with E-state index in [0.717, 1.165) is 12.1 Å². The molecule has 1 rings (SSSR count). The second-order valence-electron chi connectivity index (χ2n) is 3.42. The first-order chi connectivity index (χ1) is 9.42. The van der Waals surface area contributed by atoms with E-state index >= 15 is 0 Å². The number of halogens is 4. The average Bonchev–Trinajstić information content (AvgIpc) is 2.37. The number of benzene rings is 1. The van der Waals surface area contributed by atoms with Crippen LogP contribution < -0.4 is 4.74 Å². The molecule has 1 aromatic carbocycles. The summed E-state index contributed by atoms with van der Waals surface area (Å²) in [6.07, 6.45) is -3.15. The minimum atomic E-state index is -3.42. The van der Waals surface area contributed by atoms with Gasteiger partial charge >= 0.3 is 12.6 Å². The highest BCUT2D eigenvalue weighted by molar-refractivity contribution is 5.96. The van der Waals surface area contributed by atoms with E-state index in [1.165, 1.54) is 6.92 Å². The maximum Gasteiger partial charge on any atom is 0.387 e. The molecule has 0 saturated heterocycles. The van der Waals surface area contributed by atoms with Crippen molar-refractivity contribution >= 4 is 5.97 Å². The lowest BCUT2D eigenvalue weighted by atomic mass is 10.0. The number of esters is 1. The van der Waals surface area contributed by atoms with Gasteiger partial charge in [-0.3, -0.25) is 0 Å². The van der Waals surface area contributed by atoms with Crippen LogP contribution in [-0.4, -0.2) is 19.2 Å². The second kappa shape index (κ2) is 6.75. The quantitative estimate of drug-likeness (QED) is 0.617. The van der Waals surface area contributed by atoms with Crippen molar-refractivity contribution in [3.63, 3.8) is 0 Å². The summed E-state index contributed by atoms with van der Waals surface area (Å²) in [7, 11) is 0. The van der Waals surface area contributed by atoms with E-state index in [2.05, 4.69) is 9.47 Å². The van der Waals surface area contributed by atoms with Crippen LogP contribution >= 0.6 is 0 Å². The lowest BCUT2D eigenvalue weighted by molar-refractivity contribution is -0.0526. The zero-order valence-electron chi connectivity index (χ0n) is 10.2. The van der Waals surface area contributed by atoms with Crippen LogP contribution in [0.25, 0.3) is 0 Å². The van der Waals surface area contributed by atoms with Gasteiger partial charge in [0, 0.05) is 0 Å². The summed E-state index contributed by atoms with van der Waals surface area (Å²) in [6, 6.07) is 3.22. The maximum absolute atomic E-state index is 12.8. The Labute approximate surface area is 111 Å². The minimum absolute atomic E-state index is 0.114. The molecule has 0 heterocycles. The molecule has 0 unspecified atom stereocenters. The monoisotopic (exact) mass is 291 g/mol. The van der Waals surface area contributed by atoms with Gasteiger partial charge < -0.3 is 9.47 Å². The molecule has 0 aliphatic rings. The van der Waals surface area contributed by atoms with Crippen LogP contribution in [0, 0.1) is 11.3 Å². The molecule has 0 spiro atoms. The van der Waals surface area contributed by atoms with Gasteiger partial charge in [-0.1, -0.05) is 0 Å². The fourth-order valence-corrected chi connectivity index (χ4v) is 1.49. The van der Waals surface area contributed by atoms with Crippen molar-refractivity contribution in [3.8, 4) is 11.8 Å². The van der Waals surface area contributed by atoms with Gasteiger partial charge in [-0.2, -0.15) is 14.0 Å². The van der Waals surface area contributed by atoms with Crippen molar-refractivity contribution in [1.29, 1.82) is 5.26 Å². The molecule has 0 fully saturated rings. The summed E-state index contributed by atoms with van der Waals surface area (Å²) in [5, 5.41) is 8.84. The Morgan fingerprint density at radius 2 is 2.00 bits per heavy atom. The number of carbonyl (C=O) groups is 1. The molecular weight excluding hydrogens is 282 g/mol.